The molecule has 2 aromatic carbocycles. The number of para-hydroxylation sites is 1. The van der Waals surface area contributed by atoms with Gasteiger partial charge in [0.2, 0.25) is 0 Å². The summed E-state index contributed by atoms with van der Waals surface area (Å²) in [6, 6.07) is 13.6. The van der Waals surface area contributed by atoms with Gasteiger partial charge in [0.25, 0.3) is 11.5 Å². The van der Waals surface area contributed by atoms with Gasteiger partial charge in [0.1, 0.15) is 10.3 Å². The van der Waals surface area contributed by atoms with Crippen LogP contribution in [0, 0.1) is 0 Å². The zero-order valence-corrected chi connectivity index (χ0v) is 19.6. The van der Waals surface area contributed by atoms with E-state index in [0.717, 1.165) is 11.3 Å². The van der Waals surface area contributed by atoms with Crippen LogP contribution in [0.1, 0.15) is 31.0 Å². The minimum atomic E-state index is -0.754. The smallest absolute Gasteiger partial charge is 0.338 e. The molecule has 2 aliphatic rings. The lowest BCUT2D eigenvalue weighted by Gasteiger charge is -2.24. The summed E-state index contributed by atoms with van der Waals surface area (Å²) in [4.78, 5) is 44.6. The Morgan fingerprint density at radius 2 is 1.88 bits per heavy atom. The van der Waals surface area contributed by atoms with Gasteiger partial charge in [-0.25, -0.2) is 9.79 Å². The van der Waals surface area contributed by atoms with Crippen LogP contribution in [-0.4, -0.2) is 30.2 Å². The molecule has 1 amide bonds. The summed E-state index contributed by atoms with van der Waals surface area (Å²) in [6.07, 6.45) is 0. The monoisotopic (exact) mass is 475 g/mol. The summed E-state index contributed by atoms with van der Waals surface area (Å²) >= 11 is 1.14. The number of aromatic nitrogens is 1. The number of hydrogen-bond acceptors (Lipinski definition) is 7. The number of thiazole rings is 1. The summed E-state index contributed by atoms with van der Waals surface area (Å²) in [5.74, 6) is -0.226. The lowest BCUT2D eigenvalue weighted by molar-refractivity contribution is -0.139. The number of allylic oxidation sites excluding steroid dienone is 1. The zero-order chi connectivity index (χ0) is 24.0. The van der Waals surface area contributed by atoms with E-state index in [4.69, 9.17) is 9.47 Å². The van der Waals surface area contributed by atoms with E-state index in [9.17, 15) is 14.4 Å². The minimum Gasteiger partial charge on any atom is -0.497 e. The molecule has 0 saturated carbocycles. The maximum Gasteiger partial charge on any atom is 0.338 e. The van der Waals surface area contributed by atoms with E-state index < -0.39 is 12.0 Å². The largest absolute Gasteiger partial charge is 0.497 e. The molecular formula is C25H21N3O5S. The fraction of sp³-hybridized carbons (Fsp3) is 0.200. The Kier molecular flexibility index (Phi) is 5.41. The van der Waals surface area contributed by atoms with Gasteiger partial charge >= 0.3 is 5.97 Å². The Labute approximate surface area is 198 Å². The first-order valence-corrected chi connectivity index (χ1v) is 11.5. The summed E-state index contributed by atoms with van der Waals surface area (Å²) in [5, 5.41) is 2.82. The molecule has 1 aromatic heterocycles. The van der Waals surface area contributed by atoms with Crippen LogP contribution in [0.3, 0.4) is 0 Å². The summed E-state index contributed by atoms with van der Waals surface area (Å²) < 4.78 is 12.3. The van der Waals surface area contributed by atoms with Crippen molar-refractivity contribution in [1.29, 1.82) is 0 Å². The molecule has 2 aliphatic heterocycles. The van der Waals surface area contributed by atoms with Gasteiger partial charge < -0.3 is 14.8 Å². The van der Waals surface area contributed by atoms with Crippen molar-refractivity contribution < 1.29 is 19.1 Å². The van der Waals surface area contributed by atoms with Crippen molar-refractivity contribution in [2.75, 3.05) is 19.0 Å². The number of carbonyl (C=O) groups is 2. The van der Waals surface area contributed by atoms with E-state index >= 15 is 0 Å². The van der Waals surface area contributed by atoms with Crippen LogP contribution in [0.25, 0.3) is 5.57 Å². The predicted octanol–water partition coefficient (Wildman–Crippen LogP) is 2.13. The van der Waals surface area contributed by atoms with Gasteiger partial charge in [-0.2, -0.15) is 0 Å². The number of carbonyl (C=O) groups excluding carboxylic acids is 2. The van der Waals surface area contributed by atoms with Gasteiger partial charge in [-0.1, -0.05) is 41.7 Å². The molecule has 0 fully saturated rings. The first-order valence-electron chi connectivity index (χ1n) is 10.7. The number of amides is 1. The zero-order valence-electron chi connectivity index (χ0n) is 18.7. The fourth-order valence-corrected chi connectivity index (χ4v) is 5.43. The fourth-order valence-electron chi connectivity index (χ4n) is 4.29. The molecule has 1 N–H and O–H groups in total. The van der Waals surface area contributed by atoms with Crippen LogP contribution in [0.4, 0.5) is 5.69 Å². The summed E-state index contributed by atoms with van der Waals surface area (Å²) in [6.45, 7) is 3.64. The van der Waals surface area contributed by atoms with Gasteiger partial charge in [-0.3, -0.25) is 14.2 Å². The molecule has 5 rings (SSSR count). The third kappa shape index (κ3) is 3.36. The van der Waals surface area contributed by atoms with E-state index in [2.05, 4.69) is 10.3 Å². The van der Waals surface area contributed by atoms with Gasteiger partial charge in [-0.05, 0) is 37.6 Å². The standard InChI is InChI=1S/C25H21N3O5S/c1-4-33-24(31)18-13(2)26-25-28(20(18)14-9-11-15(32-3)12-10-14)23(30)21(34-25)19-16-7-5-6-8-17(16)27-22(19)29/h5-12,20H,4H2,1-3H3,(H,27,29)/b21-19-/t20-/m1/s1. The second-order valence-corrected chi connectivity index (χ2v) is 8.75. The van der Waals surface area contributed by atoms with Crippen LogP contribution in [0.5, 0.6) is 5.75 Å². The minimum absolute atomic E-state index is 0.191. The number of methoxy groups -OCH3 is 1. The highest BCUT2D eigenvalue weighted by atomic mass is 32.1. The van der Waals surface area contributed by atoms with E-state index in [1.807, 2.05) is 12.1 Å². The Balaban J connectivity index is 1.80. The van der Waals surface area contributed by atoms with Crippen molar-refractivity contribution in [3.63, 3.8) is 0 Å². The van der Waals surface area contributed by atoms with Crippen molar-refractivity contribution in [1.82, 2.24) is 4.57 Å². The van der Waals surface area contributed by atoms with Crippen molar-refractivity contribution >= 4 is 34.5 Å². The lowest BCUT2D eigenvalue weighted by atomic mass is 9.96. The number of fused-ring (bicyclic) bond motifs is 2. The maximum absolute atomic E-state index is 13.8. The molecule has 0 aliphatic carbocycles. The van der Waals surface area contributed by atoms with Crippen LogP contribution >= 0.6 is 11.3 Å². The SMILES string of the molecule is CCOC(=O)C1=C(C)N=c2s/c(=C3\C(=O)Nc4ccccc43)c(=O)n2[C@@H]1c1ccc(OC)cc1. The van der Waals surface area contributed by atoms with Gasteiger partial charge in [0.15, 0.2) is 4.80 Å². The van der Waals surface area contributed by atoms with Crippen molar-refractivity contribution in [3.05, 3.63) is 90.6 Å². The molecule has 9 heteroatoms. The molecule has 34 heavy (non-hydrogen) atoms. The molecule has 3 heterocycles. The number of benzene rings is 2. The summed E-state index contributed by atoms with van der Waals surface area (Å²) in [7, 11) is 1.57. The Hall–Kier alpha value is -3.98. The highest BCUT2D eigenvalue weighted by Crippen LogP contribution is 2.32. The first-order chi connectivity index (χ1) is 16.4. The van der Waals surface area contributed by atoms with Crippen LogP contribution < -0.4 is 24.9 Å². The molecule has 0 bridgehead atoms. The number of nitrogens with one attached hydrogen (secondary N) is 1. The molecule has 3 aromatic rings. The van der Waals surface area contributed by atoms with E-state index in [-0.39, 0.29) is 28.2 Å². The molecule has 8 nitrogen and oxygen atoms in total. The molecule has 0 radical (unpaired) electrons. The first kappa shape index (κ1) is 21.8. The second-order valence-electron chi connectivity index (χ2n) is 7.77. The second kappa shape index (κ2) is 8.42. The summed E-state index contributed by atoms with van der Waals surface area (Å²) in [5.41, 5.74) is 2.70. The number of esters is 1. The number of ether oxygens (including phenoxy) is 2. The van der Waals surface area contributed by atoms with E-state index in [1.54, 1.807) is 57.4 Å². The van der Waals surface area contributed by atoms with Crippen LogP contribution in [0.2, 0.25) is 0 Å². The normalized spacial score (nSPS) is 18.1. The molecular weight excluding hydrogens is 454 g/mol. The Bertz CT molecular complexity index is 1550. The Morgan fingerprint density at radius 1 is 1.15 bits per heavy atom. The van der Waals surface area contributed by atoms with Crippen LogP contribution in [-0.2, 0) is 14.3 Å². The topological polar surface area (TPSA) is 99.0 Å². The van der Waals surface area contributed by atoms with Crippen molar-refractivity contribution in [2.24, 2.45) is 4.99 Å². The van der Waals surface area contributed by atoms with Crippen molar-refractivity contribution in [2.45, 2.75) is 19.9 Å². The maximum atomic E-state index is 13.8. The third-order valence-corrected chi connectivity index (χ3v) is 6.88. The number of anilines is 1. The molecule has 1 atom stereocenters. The lowest BCUT2D eigenvalue weighted by Crippen LogP contribution is -2.40. The Morgan fingerprint density at radius 3 is 2.59 bits per heavy atom. The number of hydrogen-bond donors (Lipinski definition) is 1. The average molecular weight is 476 g/mol. The number of rotatable bonds is 4. The molecule has 0 saturated heterocycles. The third-order valence-electron chi connectivity index (χ3n) is 5.82. The van der Waals surface area contributed by atoms with Crippen LogP contribution in [0.15, 0.2) is 69.6 Å². The molecule has 0 spiro atoms. The van der Waals surface area contributed by atoms with Gasteiger partial charge in [0.05, 0.1) is 36.6 Å². The van der Waals surface area contributed by atoms with Gasteiger partial charge in [0, 0.05) is 11.3 Å². The predicted molar refractivity (Wildman–Crippen MR) is 127 cm³/mol. The highest BCUT2D eigenvalue weighted by molar-refractivity contribution is 7.07. The number of nitrogens with zero attached hydrogens (tertiary/aromatic N) is 2. The average Bonchev–Trinajstić information content (AvgIpc) is 3.33. The molecule has 0 unspecified atom stereocenters. The van der Waals surface area contributed by atoms with E-state index in [1.165, 1.54) is 4.57 Å². The molecule has 172 valence electrons. The van der Waals surface area contributed by atoms with Gasteiger partial charge in [-0.15, -0.1) is 0 Å². The quantitative estimate of drug-likeness (QED) is 0.583. The highest BCUT2D eigenvalue weighted by Gasteiger charge is 2.35. The van der Waals surface area contributed by atoms with Crippen molar-refractivity contribution in [3.8, 4) is 5.75 Å². The van der Waals surface area contributed by atoms with E-state index in [0.29, 0.717) is 38.6 Å².